The first-order valence-electron chi connectivity index (χ1n) is 4.38. The maximum absolute atomic E-state index is 5.96. The molecule has 62 valence electrons. The molecule has 2 aliphatic heterocycles. The minimum atomic E-state index is 0.0220. The van der Waals surface area contributed by atoms with E-state index in [9.17, 15) is 0 Å². The van der Waals surface area contributed by atoms with Gasteiger partial charge in [-0.25, -0.2) is 0 Å². The van der Waals surface area contributed by atoms with Crippen LogP contribution in [0.25, 0.3) is 0 Å². The number of fused-ring (bicyclic) bond motifs is 2. The van der Waals surface area contributed by atoms with Crippen LogP contribution < -0.4 is 0 Å². The summed E-state index contributed by atoms with van der Waals surface area (Å²) < 4.78 is 5.96. The molecule has 0 saturated carbocycles. The van der Waals surface area contributed by atoms with E-state index in [0.29, 0.717) is 11.8 Å². The van der Waals surface area contributed by atoms with E-state index < -0.39 is 0 Å². The maximum atomic E-state index is 5.96. The van der Waals surface area contributed by atoms with Crippen molar-refractivity contribution in [1.82, 2.24) is 0 Å². The van der Waals surface area contributed by atoms with Crippen LogP contribution in [-0.4, -0.2) is 11.2 Å². The molecule has 0 aromatic heterocycles. The fraction of sp³-hybridized carbons (Fsp3) is 0.800. The van der Waals surface area contributed by atoms with Crippen LogP contribution in [0.4, 0.5) is 0 Å². The molecular weight excluding hydrogens is 136 g/mol. The van der Waals surface area contributed by atoms with E-state index in [1.54, 1.807) is 0 Å². The van der Waals surface area contributed by atoms with Crippen LogP contribution in [0.5, 0.6) is 0 Å². The monoisotopic (exact) mass is 152 g/mol. The quantitative estimate of drug-likeness (QED) is 0.484. The van der Waals surface area contributed by atoms with Gasteiger partial charge in [-0.15, -0.1) is 0 Å². The zero-order valence-corrected chi connectivity index (χ0v) is 7.72. The largest absolute Gasteiger partial charge is 0.360 e. The van der Waals surface area contributed by atoms with Crippen LogP contribution in [0.1, 0.15) is 27.7 Å². The zero-order chi connectivity index (χ0) is 8.28. The molecule has 2 bridgehead atoms. The normalized spacial score (nSPS) is 60.7. The predicted octanol–water partition coefficient (Wildman–Crippen LogP) is 2.38. The highest BCUT2D eigenvalue weighted by Crippen LogP contribution is 2.52. The van der Waals surface area contributed by atoms with Gasteiger partial charge in [0.2, 0.25) is 0 Å². The summed E-state index contributed by atoms with van der Waals surface area (Å²) in [5.74, 6) is 1.30. The summed E-state index contributed by atoms with van der Waals surface area (Å²) >= 11 is 0. The van der Waals surface area contributed by atoms with Gasteiger partial charge in [-0.2, -0.15) is 0 Å². The molecule has 1 nitrogen and oxygen atoms in total. The Kier molecular flexibility index (Phi) is 1.15. The number of rotatable bonds is 0. The van der Waals surface area contributed by atoms with Gasteiger partial charge >= 0.3 is 0 Å². The standard InChI is InChI=1S/C10H16O/c1-7-8(2)10(4)6-5-9(7,3)11-10/h5-8H,1-4H3. The van der Waals surface area contributed by atoms with E-state index in [4.69, 9.17) is 4.74 Å². The highest BCUT2D eigenvalue weighted by atomic mass is 16.5. The van der Waals surface area contributed by atoms with Crippen LogP contribution in [0.3, 0.4) is 0 Å². The minimum Gasteiger partial charge on any atom is -0.360 e. The average Bonchev–Trinajstić information content (AvgIpc) is 2.32. The van der Waals surface area contributed by atoms with Gasteiger partial charge in [-0.1, -0.05) is 26.0 Å². The lowest BCUT2D eigenvalue weighted by atomic mass is 9.74. The second-order valence-corrected chi connectivity index (χ2v) is 4.38. The Bertz CT molecular complexity index is 199. The average molecular weight is 152 g/mol. The number of hydrogen-bond acceptors (Lipinski definition) is 1. The van der Waals surface area contributed by atoms with Crippen molar-refractivity contribution in [1.29, 1.82) is 0 Å². The number of ether oxygens (including phenoxy) is 1. The van der Waals surface area contributed by atoms with E-state index in [1.807, 2.05) is 0 Å². The highest BCUT2D eigenvalue weighted by molar-refractivity contribution is 5.25. The van der Waals surface area contributed by atoms with Gasteiger partial charge in [0.05, 0.1) is 11.2 Å². The second kappa shape index (κ2) is 1.71. The smallest absolute Gasteiger partial charge is 0.0876 e. The molecule has 2 aliphatic rings. The summed E-state index contributed by atoms with van der Waals surface area (Å²) in [5.41, 5.74) is 0.0440. The molecule has 11 heavy (non-hydrogen) atoms. The third kappa shape index (κ3) is 0.698. The third-order valence-corrected chi connectivity index (χ3v) is 3.74. The van der Waals surface area contributed by atoms with Crippen LogP contribution >= 0.6 is 0 Å². The molecule has 2 rings (SSSR count). The van der Waals surface area contributed by atoms with Gasteiger partial charge in [0, 0.05) is 0 Å². The molecule has 1 fully saturated rings. The third-order valence-electron chi connectivity index (χ3n) is 3.74. The Hall–Kier alpha value is -0.300. The molecular formula is C10H16O. The molecule has 0 aromatic carbocycles. The first kappa shape index (κ1) is 7.35. The Morgan fingerprint density at radius 1 is 1.00 bits per heavy atom. The van der Waals surface area contributed by atoms with Crippen molar-refractivity contribution in [3.05, 3.63) is 12.2 Å². The molecule has 4 atom stereocenters. The lowest BCUT2D eigenvalue weighted by molar-refractivity contribution is -0.0250. The van der Waals surface area contributed by atoms with Crippen molar-refractivity contribution in [2.24, 2.45) is 11.8 Å². The van der Waals surface area contributed by atoms with Crippen LogP contribution in [-0.2, 0) is 4.74 Å². The van der Waals surface area contributed by atoms with Crippen molar-refractivity contribution < 1.29 is 4.74 Å². The first-order valence-corrected chi connectivity index (χ1v) is 4.38. The van der Waals surface area contributed by atoms with Crippen molar-refractivity contribution in [2.45, 2.75) is 38.9 Å². The fourth-order valence-electron chi connectivity index (χ4n) is 2.36. The van der Waals surface area contributed by atoms with Gasteiger partial charge in [0.15, 0.2) is 0 Å². The maximum Gasteiger partial charge on any atom is 0.0876 e. The molecule has 0 spiro atoms. The summed E-state index contributed by atoms with van der Waals surface area (Å²) in [6.45, 7) is 8.92. The van der Waals surface area contributed by atoms with Crippen LogP contribution in [0, 0.1) is 11.8 Å². The van der Waals surface area contributed by atoms with E-state index in [-0.39, 0.29) is 11.2 Å². The molecule has 0 N–H and O–H groups in total. The highest BCUT2D eigenvalue weighted by Gasteiger charge is 2.55. The van der Waals surface area contributed by atoms with Gasteiger partial charge < -0.3 is 4.74 Å². The molecule has 0 radical (unpaired) electrons. The summed E-state index contributed by atoms with van der Waals surface area (Å²) in [4.78, 5) is 0. The van der Waals surface area contributed by atoms with Gasteiger partial charge in [0.25, 0.3) is 0 Å². The minimum absolute atomic E-state index is 0.0220. The summed E-state index contributed by atoms with van der Waals surface area (Å²) in [5, 5.41) is 0. The second-order valence-electron chi connectivity index (χ2n) is 4.38. The lowest BCUT2D eigenvalue weighted by Crippen LogP contribution is -2.30. The first-order chi connectivity index (χ1) is 4.98. The van der Waals surface area contributed by atoms with Crippen molar-refractivity contribution >= 4 is 0 Å². The van der Waals surface area contributed by atoms with E-state index in [1.165, 1.54) is 0 Å². The zero-order valence-electron chi connectivity index (χ0n) is 7.72. The summed E-state index contributed by atoms with van der Waals surface area (Å²) in [6, 6.07) is 0. The van der Waals surface area contributed by atoms with E-state index >= 15 is 0 Å². The van der Waals surface area contributed by atoms with Crippen molar-refractivity contribution in [3.63, 3.8) is 0 Å². The van der Waals surface area contributed by atoms with Gasteiger partial charge in [0.1, 0.15) is 0 Å². The van der Waals surface area contributed by atoms with E-state index in [2.05, 4.69) is 39.8 Å². The van der Waals surface area contributed by atoms with Crippen LogP contribution in [0.15, 0.2) is 12.2 Å². The SMILES string of the molecule is CC1C(C)C2(C)C=CC1(C)O2. The Balaban J connectivity index is 2.43. The topological polar surface area (TPSA) is 9.23 Å². The fourth-order valence-corrected chi connectivity index (χ4v) is 2.36. The molecule has 2 heterocycles. The van der Waals surface area contributed by atoms with E-state index in [0.717, 1.165) is 0 Å². The van der Waals surface area contributed by atoms with Crippen molar-refractivity contribution in [3.8, 4) is 0 Å². The summed E-state index contributed by atoms with van der Waals surface area (Å²) in [6.07, 6.45) is 4.44. The Morgan fingerprint density at radius 3 is 1.55 bits per heavy atom. The molecule has 0 amide bonds. The summed E-state index contributed by atoms with van der Waals surface area (Å²) in [7, 11) is 0. The molecule has 0 aromatic rings. The van der Waals surface area contributed by atoms with Crippen molar-refractivity contribution in [2.75, 3.05) is 0 Å². The number of hydrogen-bond donors (Lipinski definition) is 0. The van der Waals surface area contributed by atoms with Crippen LogP contribution in [0.2, 0.25) is 0 Å². The molecule has 4 unspecified atom stereocenters. The van der Waals surface area contributed by atoms with Gasteiger partial charge in [-0.05, 0) is 25.7 Å². The lowest BCUT2D eigenvalue weighted by Gasteiger charge is -2.26. The molecule has 1 saturated heterocycles. The molecule has 0 aliphatic carbocycles. The Morgan fingerprint density at radius 2 is 1.36 bits per heavy atom. The van der Waals surface area contributed by atoms with Gasteiger partial charge in [-0.3, -0.25) is 0 Å². The predicted molar refractivity (Wildman–Crippen MR) is 45.4 cm³/mol. The molecule has 1 heteroatoms. The Labute approximate surface area is 68.4 Å².